The van der Waals surface area contributed by atoms with E-state index in [0.29, 0.717) is 23.1 Å². The highest BCUT2D eigenvalue weighted by Gasteiger charge is 2.25. The van der Waals surface area contributed by atoms with Crippen LogP contribution >= 0.6 is 11.8 Å². The lowest BCUT2D eigenvalue weighted by Gasteiger charge is -2.20. The second-order valence-corrected chi connectivity index (χ2v) is 6.78. The maximum atomic E-state index is 14.1. The number of aromatic nitrogens is 3. The fourth-order valence-corrected chi connectivity index (χ4v) is 3.54. The molecule has 3 aromatic rings. The van der Waals surface area contributed by atoms with Gasteiger partial charge in [0.2, 0.25) is 11.0 Å². The molecule has 0 saturated carbocycles. The summed E-state index contributed by atoms with van der Waals surface area (Å²) in [6.45, 7) is 0. The maximum absolute atomic E-state index is 14.1. The van der Waals surface area contributed by atoms with Crippen molar-refractivity contribution >= 4 is 17.5 Å². The Morgan fingerprint density at radius 3 is 2.69 bits per heavy atom. The van der Waals surface area contributed by atoms with Gasteiger partial charge in [-0.25, -0.2) is 13.5 Å². The van der Waals surface area contributed by atoms with Gasteiger partial charge in [0.05, 0.1) is 5.70 Å². The van der Waals surface area contributed by atoms with Crippen molar-refractivity contribution in [3.05, 3.63) is 82.5 Å². The van der Waals surface area contributed by atoms with Crippen molar-refractivity contribution in [1.29, 1.82) is 0 Å². The highest BCUT2D eigenvalue weighted by molar-refractivity contribution is 8.02. The van der Waals surface area contributed by atoms with Crippen LogP contribution in [0.25, 0.3) is 5.70 Å². The molecule has 0 fully saturated rings. The van der Waals surface area contributed by atoms with Gasteiger partial charge in [0, 0.05) is 23.5 Å². The van der Waals surface area contributed by atoms with Crippen molar-refractivity contribution in [3.8, 4) is 0 Å². The molecule has 1 aliphatic heterocycles. The minimum absolute atomic E-state index is 0.135. The number of nitrogens with zero attached hydrogens (tertiary/aromatic N) is 3. The molecule has 4 rings (SSSR count). The zero-order chi connectivity index (χ0) is 18.1. The summed E-state index contributed by atoms with van der Waals surface area (Å²) >= 11 is 1.33. The molecule has 0 aliphatic carbocycles. The third-order valence-electron chi connectivity index (χ3n) is 4.08. The van der Waals surface area contributed by atoms with E-state index in [2.05, 4.69) is 21.4 Å². The largest absolute Gasteiger partial charge is 0.348 e. The van der Waals surface area contributed by atoms with E-state index in [9.17, 15) is 8.78 Å². The van der Waals surface area contributed by atoms with E-state index in [0.717, 1.165) is 11.6 Å². The van der Waals surface area contributed by atoms with E-state index in [1.165, 1.54) is 23.9 Å². The fraction of sp³-hybridized carbons (Fsp3) is 0.111. The van der Waals surface area contributed by atoms with Crippen LogP contribution in [0, 0.1) is 11.6 Å². The van der Waals surface area contributed by atoms with Crippen LogP contribution < -0.4 is 11.2 Å². The number of nitrogens with one attached hydrogen (secondary N) is 1. The molecule has 8 heteroatoms. The summed E-state index contributed by atoms with van der Waals surface area (Å²) in [4.78, 5) is 0. The van der Waals surface area contributed by atoms with Crippen LogP contribution in [0.1, 0.15) is 23.0 Å². The Kier molecular flexibility index (Phi) is 4.44. The number of fused-ring (bicyclic) bond motifs is 1. The van der Waals surface area contributed by atoms with Crippen molar-refractivity contribution < 1.29 is 14.5 Å². The average molecular weight is 372 g/mol. The van der Waals surface area contributed by atoms with E-state index in [1.54, 1.807) is 10.1 Å². The Morgan fingerprint density at radius 1 is 1.12 bits per heavy atom. The van der Waals surface area contributed by atoms with Crippen LogP contribution in [0.15, 0.2) is 59.1 Å². The first kappa shape index (κ1) is 16.7. The summed E-state index contributed by atoms with van der Waals surface area (Å²) in [5.74, 6) is -0.580. The van der Waals surface area contributed by atoms with Crippen LogP contribution in [-0.4, -0.2) is 14.9 Å². The second-order valence-electron chi connectivity index (χ2n) is 5.95. The van der Waals surface area contributed by atoms with Crippen molar-refractivity contribution in [3.63, 3.8) is 0 Å². The monoisotopic (exact) mass is 372 g/mol. The summed E-state index contributed by atoms with van der Waals surface area (Å²) in [6.07, 6.45) is 0.704. The minimum Gasteiger partial charge on any atom is -0.348 e. The molecule has 132 valence electrons. The van der Waals surface area contributed by atoms with Crippen LogP contribution in [0.2, 0.25) is 0 Å². The van der Waals surface area contributed by atoms with Gasteiger partial charge >= 0.3 is 0 Å². The molecule has 5 nitrogen and oxygen atoms in total. The second kappa shape index (κ2) is 6.89. The molecular weight excluding hydrogens is 356 g/mol. The molecule has 2 aromatic carbocycles. The first-order chi connectivity index (χ1) is 12.6. The lowest BCUT2D eigenvalue weighted by Crippen LogP contribution is -2.56. The van der Waals surface area contributed by atoms with Gasteiger partial charge in [-0.3, -0.25) is 5.43 Å². The molecule has 2 heterocycles. The predicted octanol–water partition coefficient (Wildman–Crippen LogP) is 2.73. The maximum Gasteiger partial charge on any atom is 0.214 e. The quantitative estimate of drug-likeness (QED) is 0.739. The van der Waals surface area contributed by atoms with Crippen LogP contribution in [-0.2, 0) is 6.42 Å². The fourth-order valence-electron chi connectivity index (χ4n) is 2.81. The highest BCUT2D eigenvalue weighted by Crippen LogP contribution is 2.30. The smallest absolute Gasteiger partial charge is 0.214 e. The normalized spacial score (nSPS) is 14.3. The molecule has 0 radical (unpaired) electrons. The molecule has 1 aromatic heterocycles. The molecule has 0 unspecified atom stereocenters. The van der Waals surface area contributed by atoms with Crippen molar-refractivity contribution in [1.82, 2.24) is 14.9 Å². The molecule has 0 bridgehead atoms. The Bertz CT molecular complexity index is 971. The topological polar surface area (TPSA) is 70.4 Å². The standard InChI is InChI=1S/C18H15F2N5S/c19-12-6-7-13(14(20)9-12)16-10-26-18-23-22-17(25(18)24-16)15(21)8-11-4-2-1-3-5-11/h1-7,9-10,15,24H,8,21H2/p+1/t15-/m0/s1. The zero-order valence-electron chi connectivity index (χ0n) is 13.7. The molecule has 1 aliphatic rings. The zero-order valence-corrected chi connectivity index (χ0v) is 14.5. The Morgan fingerprint density at radius 2 is 1.92 bits per heavy atom. The van der Waals surface area contributed by atoms with Gasteiger partial charge in [-0.2, -0.15) is 0 Å². The number of rotatable bonds is 4. The summed E-state index contributed by atoms with van der Waals surface area (Å²) in [6, 6.07) is 13.4. The molecule has 26 heavy (non-hydrogen) atoms. The molecule has 1 atom stereocenters. The highest BCUT2D eigenvalue weighted by atomic mass is 32.2. The lowest BCUT2D eigenvalue weighted by molar-refractivity contribution is -0.428. The number of thioether (sulfide) groups is 1. The summed E-state index contributed by atoms with van der Waals surface area (Å²) in [5, 5.41) is 10.8. The SMILES string of the molecule is [NH3+][C@@H](Cc1ccccc1)c1nnc2n1NC(c1ccc(F)cc1F)=CS2. The van der Waals surface area contributed by atoms with Crippen molar-refractivity contribution in [2.45, 2.75) is 17.6 Å². The van der Waals surface area contributed by atoms with E-state index >= 15 is 0 Å². The number of halogens is 2. The molecular formula is C18H16F2N5S+. The lowest BCUT2D eigenvalue weighted by atomic mass is 10.1. The van der Waals surface area contributed by atoms with Gasteiger partial charge < -0.3 is 5.73 Å². The Balaban J connectivity index is 1.59. The number of hydrogen-bond donors (Lipinski definition) is 2. The summed E-state index contributed by atoms with van der Waals surface area (Å²) < 4.78 is 29.0. The van der Waals surface area contributed by atoms with Gasteiger partial charge in [-0.15, -0.1) is 10.2 Å². The predicted molar refractivity (Wildman–Crippen MR) is 95.3 cm³/mol. The number of hydrogen-bond acceptors (Lipinski definition) is 4. The van der Waals surface area contributed by atoms with Gasteiger partial charge in [-0.1, -0.05) is 42.1 Å². The van der Waals surface area contributed by atoms with Crippen LogP contribution in [0.4, 0.5) is 8.78 Å². The first-order valence-electron chi connectivity index (χ1n) is 8.03. The number of quaternary nitrogens is 1. The summed E-state index contributed by atoms with van der Waals surface area (Å²) in [5.41, 5.74) is 9.27. The van der Waals surface area contributed by atoms with E-state index < -0.39 is 11.6 Å². The Hall–Kier alpha value is -2.71. The third-order valence-corrected chi connectivity index (χ3v) is 4.91. The van der Waals surface area contributed by atoms with E-state index in [4.69, 9.17) is 0 Å². The van der Waals surface area contributed by atoms with Gasteiger partial charge in [0.25, 0.3) is 0 Å². The van der Waals surface area contributed by atoms with Crippen molar-refractivity contribution in [2.24, 2.45) is 0 Å². The average Bonchev–Trinajstić information content (AvgIpc) is 3.06. The molecule has 0 saturated heterocycles. The summed E-state index contributed by atoms with van der Waals surface area (Å²) in [7, 11) is 0. The van der Waals surface area contributed by atoms with Gasteiger partial charge in [0.1, 0.15) is 11.6 Å². The van der Waals surface area contributed by atoms with Gasteiger partial charge in [0.15, 0.2) is 6.04 Å². The number of benzene rings is 2. The first-order valence-corrected chi connectivity index (χ1v) is 8.91. The van der Waals surface area contributed by atoms with Crippen LogP contribution in [0.3, 0.4) is 0 Å². The third kappa shape index (κ3) is 3.21. The van der Waals surface area contributed by atoms with E-state index in [-0.39, 0.29) is 11.6 Å². The van der Waals surface area contributed by atoms with Gasteiger partial charge in [-0.05, 0) is 17.7 Å². The minimum atomic E-state index is -0.627. The molecule has 0 amide bonds. The van der Waals surface area contributed by atoms with E-state index in [1.807, 2.05) is 30.3 Å². The molecule has 0 spiro atoms. The molecule has 4 N–H and O–H groups in total. The Labute approximate surface area is 152 Å². The van der Waals surface area contributed by atoms with Crippen LogP contribution in [0.5, 0.6) is 0 Å². The van der Waals surface area contributed by atoms with Crippen molar-refractivity contribution in [2.75, 3.05) is 5.43 Å².